The van der Waals surface area contributed by atoms with Gasteiger partial charge >= 0.3 is 5.76 Å². The molecule has 0 unspecified atom stereocenters. The van der Waals surface area contributed by atoms with Gasteiger partial charge in [0.15, 0.2) is 5.58 Å². The highest BCUT2D eigenvalue weighted by atomic mass is 32.2. The topological polar surface area (TPSA) is 95.4 Å². The molecule has 0 aliphatic carbocycles. The lowest BCUT2D eigenvalue weighted by Gasteiger charge is -2.22. The number of anilines is 2. The fraction of sp³-hybridized carbons (Fsp3) is 0.278. The van der Waals surface area contributed by atoms with Gasteiger partial charge in [0.2, 0.25) is 0 Å². The van der Waals surface area contributed by atoms with Crippen LogP contribution in [0.25, 0.3) is 11.1 Å². The predicted molar refractivity (Wildman–Crippen MR) is 102 cm³/mol. The molecule has 8 heteroatoms. The van der Waals surface area contributed by atoms with Crippen molar-refractivity contribution < 1.29 is 12.8 Å². The molecule has 26 heavy (non-hydrogen) atoms. The maximum Gasteiger partial charge on any atom is 0.417 e. The van der Waals surface area contributed by atoms with Crippen molar-refractivity contribution >= 4 is 32.5 Å². The Bertz CT molecular complexity index is 1100. The number of H-pyrrole nitrogens is 1. The lowest BCUT2D eigenvalue weighted by atomic mass is 10.1. The van der Waals surface area contributed by atoms with E-state index in [9.17, 15) is 13.2 Å². The molecule has 0 radical (unpaired) electrons. The van der Waals surface area contributed by atoms with Crippen LogP contribution < -0.4 is 15.4 Å². The molecule has 1 aromatic heterocycles. The molecular formula is C18H21N3O4S. The number of aryl methyl sites for hydroxylation is 1. The number of rotatable bonds is 6. The molecule has 2 aromatic carbocycles. The first-order valence-electron chi connectivity index (χ1n) is 8.35. The maximum atomic E-state index is 12.7. The van der Waals surface area contributed by atoms with E-state index in [0.29, 0.717) is 16.8 Å². The number of hydrogen-bond donors (Lipinski definition) is 2. The zero-order chi connectivity index (χ0) is 18.9. The number of sulfonamides is 1. The highest BCUT2D eigenvalue weighted by Crippen LogP contribution is 2.25. The van der Waals surface area contributed by atoms with Gasteiger partial charge < -0.3 is 9.32 Å². The van der Waals surface area contributed by atoms with E-state index in [-0.39, 0.29) is 4.90 Å². The minimum absolute atomic E-state index is 0.0502. The van der Waals surface area contributed by atoms with Crippen molar-refractivity contribution in [1.82, 2.24) is 4.98 Å². The molecule has 0 bridgehead atoms. The number of oxazole rings is 1. The van der Waals surface area contributed by atoms with Gasteiger partial charge in [0, 0.05) is 18.8 Å². The normalized spacial score (nSPS) is 11.7. The van der Waals surface area contributed by atoms with Gasteiger partial charge in [-0.25, -0.2) is 13.2 Å². The van der Waals surface area contributed by atoms with E-state index in [1.54, 1.807) is 6.07 Å². The van der Waals surface area contributed by atoms with Crippen LogP contribution in [0.2, 0.25) is 0 Å². The number of aromatic amines is 1. The molecule has 1 heterocycles. The smallest absolute Gasteiger partial charge is 0.408 e. The molecule has 2 N–H and O–H groups in total. The van der Waals surface area contributed by atoms with Crippen LogP contribution in [0.3, 0.4) is 0 Å². The maximum absolute atomic E-state index is 12.7. The van der Waals surface area contributed by atoms with E-state index in [1.807, 2.05) is 19.1 Å². The molecule has 0 spiro atoms. The number of nitrogens with zero attached hydrogens (tertiary/aromatic N) is 1. The second kappa shape index (κ2) is 6.87. The third-order valence-electron chi connectivity index (χ3n) is 4.28. The van der Waals surface area contributed by atoms with Crippen LogP contribution in [0.5, 0.6) is 0 Å². The number of hydrogen-bond acceptors (Lipinski definition) is 5. The van der Waals surface area contributed by atoms with E-state index in [1.165, 1.54) is 18.2 Å². The van der Waals surface area contributed by atoms with Gasteiger partial charge in [-0.1, -0.05) is 0 Å². The number of benzene rings is 2. The summed E-state index contributed by atoms with van der Waals surface area (Å²) in [6, 6.07) is 9.86. The van der Waals surface area contributed by atoms with Crippen molar-refractivity contribution in [3.8, 4) is 0 Å². The minimum Gasteiger partial charge on any atom is -0.408 e. The summed E-state index contributed by atoms with van der Waals surface area (Å²) in [5.41, 5.74) is 3.05. The highest BCUT2D eigenvalue weighted by Gasteiger charge is 2.17. The second-order valence-corrected chi connectivity index (χ2v) is 7.63. The fourth-order valence-corrected chi connectivity index (χ4v) is 4.01. The van der Waals surface area contributed by atoms with E-state index >= 15 is 0 Å². The van der Waals surface area contributed by atoms with Gasteiger partial charge in [-0.3, -0.25) is 9.71 Å². The highest BCUT2D eigenvalue weighted by molar-refractivity contribution is 7.92. The van der Waals surface area contributed by atoms with Crippen LogP contribution in [0.1, 0.15) is 19.4 Å². The molecule has 0 atom stereocenters. The fourth-order valence-electron chi connectivity index (χ4n) is 2.85. The molecule has 0 aliphatic heterocycles. The molecule has 0 aliphatic rings. The summed E-state index contributed by atoms with van der Waals surface area (Å²) >= 11 is 0. The minimum atomic E-state index is -3.79. The van der Waals surface area contributed by atoms with Crippen LogP contribution in [0.15, 0.2) is 50.5 Å². The number of aromatic nitrogens is 1. The summed E-state index contributed by atoms with van der Waals surface area (Å²) in [7, 11) is -3.79. The Morgan fingerprint density at radius 2 is 1.85 bits per heavy atom. The first kappa shape index (κ1) is 18.1. The third kappa shape index (κ3) is 3.45. The molecule has 0 amide bonds. The summed E-state index contributed by atoms with van der Waals surface area (Å²) in [5.74, 6) is -0.620. The number of fused-ring (bicyclic) bond motifs is 1. The standard InChI is InChI=1S/C18H21N3O4S/c1-4-21(5-2)13-6-8-15(12(3)10-13)20-26(23,24)14-7-9-17-16(11-14)19-18(22)25-17/h6-11,20H,4-5H2,1-3H3,(H,19,22). The molecule has 138 valence electrons. The van der Waals surface area contributed by atoms with E-state index in [0.717, 1.165) is 24.3 Å². The molecular weight excluding hydrogens is 354 g/mol. The van der Waals surface area contributed by atoms with Crippen LogP contribution in [0.4, 0.5) is 11.4 Å². The van der Waals surface area contributed by atoms with Crippen molar-refractivity contribution in [3.63, 3.8) is 0 Å². The average molecular weight is 375 g/mol. The van der Waals surface area contributed by atoms with Crippen LogP contribution >= 0.6 is 0 Å². The zero-order valence-electron chi connectivity index (χ0n) is 14.9. The van der Waals surface area contributed by atoms with Crippen LogP contribution in [0, 0.1) is 6.92 Å². The molecule has 7 nitrogen and oxygen atoms in total. The average Bonchev–Trinajstić information content (AvgIpc) is 2.97. The van der Waals surface area contributed by atoms with Crippen molar-refractivity contribution in [2.75, 3.05) is 22.7 Å². The Labute approximate surface area is 151 Å². The molecule has 3 aromatic rings. The van der Waals surface area contributed by atoms with Gasteiger partial charge in [-0.15, -0.1) is 0 Å². The molecule has 0 saturated heterocycles. The van der Waals surface area contributed by atoms with Crippen molar-refractivity contribution in [2.45, 2.75) is 25.7 Å². The predicted octanol–water partition coefficient (Wildman–Crippen LogP) is 3.08. The summed E-state index contributed by atoms with van der Waals surface area (Å²) in [6.07, 6.45) is 0. The lowest BCUT2D eigenvalue weighted by molar-refractivity contribution is 0.555. The number of nitrogens with one attached hydrogen (secondary N) is 2. The van der Waals surface area contributed by atoms with Gasteiger partial charge in [0.1, 0.15) is 0 Å². The monoisotopic (exact) mass is 375 g/mol. The molecule has 3 rings (SSSR count). The first-order valence-corrected chi connectivity index (χ1v) is 9.83. The van der Waals surface area contributed by atoms with Crippen molar-refractivity contribution in [2.24, 2.45) is 0 Å². The first-order chi connectivity index (χ1) is 12.3. The Kier molecular flexibility index (Phi) is 4.78. The molecule has 0 saturated carbocycles. The zero-order valence-corrected chi connectivity index (χ0v) is 15.7. The second-order valence-electron chi connectivity index (χ2n) is 5.95. The van der Waals surface area contributed by atoms with Gasteiger partial charge in [0.05, 0.1) is 16.1 Å². The van der Waals surface area contributed by atoms with Gasteiger partial charge in [0.25, 0.3) is 10.0 Å². The van der Waals surface area contributed by atoms with Gasteiger partial charge in [-0.2, -0.15) is 0 Å². The Hall–Kier alpha value is -2.74. The van der Waals surface area contributed by atoms with Gasteiger partial charge in [-0.05, 0) is 62.7 Å². The summed E-state index contributed by atoms with van der Waals surface area (Å²) in [5, 5.41) is 0. The van der Waals surface area contributed by atoms with E-state index in [2.05, 4.69) is 28.5 Å². The van der Waals surface area contributed by atoms with Crippen molar-refractivity contribution in [1.29, 1.82) is 0 Å². The third-order valence-corrected chi connectivity index (χ3v) is 5.65. The molecule has 0 fully saturated rings. The van der Waals surface area contributed by atoms with E-state index in [4.69, 9.17) is 4.42 Å². The Morgan fingerprint density at radius 1 is 1.12 bits per heavy atom. The summed E-state index contributed by atoms with van der Waals surface area (Å²) in [4.78, 5) is 15.9. The van der Waals surface area contributed by atoms with Crippen molar-refractivity contribution in [3.05, 3.63) is 52.5 Å². The van der Waals surface area contributed by atoms with Crippen LogP contribution in [-0.4, -0.2) is 26.5 Å². The Balaban J connectivity index is 1.92. The summed E-state index contributed by atoms with van der Waals surface area (Å²) in [6.45, 7) is 7.77. The lowest BCUT2D eigenvalue weighted by Crippen LogP contribution is -2.22. The largest absolute Gasteiger partial charge is 0.417 e. The Morgan fingerprint density at radius 3 is 2.50 bits per heavy atom. The summed E-state index contributed by atoms with van der Waals surface area (Å²) < 4.78 is 32.9. The quantitative estimate of drug-likeness (QED) is 0.690. The van der Waals surface area contributed by atoms with E-state index < -0.39 is 15.8 Å². The SMILES string of the molecule is CCN(CC)c1ccc(NS(=O)(=O)c2ccc3oc(=O)[nH]c3c2)c(C)c1. The van der Waals surface area contributed by atoms with Crippen LogP contribution in [-0.2, 0) is 10.0 Å².